The number of anilines is 2. The Labute approximate surface area is 124 Å². The highest BCUT2D eigenvalue weighted by Gasteiger charge is 2.25. The van der Waals surface area contributed by atoms with Crippen molar-refractivity contribution in [2.45, 2.75) is 26.2 Å². The van der Waals surface area contributed by atoms with Gasteiger partial charge < -0.3 is 19.7 Å². The molecule has 6 heteroatoms. The van der Waals surface area contributed by atoms with E-state index in [1.807, 2.05) is 23.0 Å². The minimum atomic E-state index is 0.267. The average Bonchev–Trinajstić information content (AvgIpc) is 3.13. The quantitative estimate of drug-likeness (QED) is 0.848. The van der Waals surface area contributed by atoms with E-state index >= 15 is 0 Å². The minimum Gasteiger partial charge on any atom is -0.396 e. The van der Waals surface area contributed by atoms with Crippen LogP contribution in [0.4, 0.5) is 11.6 Å². The molecule has 2 aromatic heterocycles. The predicted molar refractivity (Wildman–Crippen MR) is 83.8 cm³/mol. The second-order valence-corrected chi connectivity index (χ2v) is 5.65. The first kappa shape index (κ1) is 14.1. The Morgan fingerprint density at radius 3 is 3.19 bits per heavy atom. The third-order valence-electron chi connectivity index (χ3n) is 4.04. The van der Waals surface area contributed by atoms with Gasteiger partial charge in [0.25, 0.3) is 0 Å². The predicted octanol–water partition coefficient (Wildman–Crippen LogP) is 1.76. The van der Waals surface area contributed by atoms with E-state index in [4.69, 9.17) is 10.1 Å². The number of hydrogen-bond donors (Lipinski definition) is 2. The third-order valence-corrected chi connectivity index (χ3v) is 4.04. The zero-order valence-corrected chi connectivity index (χ0v) is 12.5. The fourth-order valence-electron chi connectivity index (χ4n) is 2.91. The molecule has 1 saturated heterocycles. The summed E-state index contributed by atoms with van der Waals surface area (Å²) in [5.41, 5.74) is 0.904. The van der Waals surface area contributed by atoms with Gasteiger partial charge in [-0.05, 0) is 25.2 Å². The van der Waals surface area contributed by atoms with Gasteiger partial charge in [-0.2, -0.15) is 0 Å². The van der Waals surface area contributed by atoms with E-state index in [9.17, 15) is 0 Å². The molecule has 0 amide bonds. The lowest BCUT2D eigenvalue weighted by molar-refractivity contribution is 0.263. The van der Waals surface area contributed by atoms with E-state index in [2.05, 4.69) is 22.1 Å². The SMILES string of the molecule is CCCNc1cn2ccnc2c(N2CCC(CCO)C2)n1. The highest BCUT2D eigenvalue weighted by Crippen LogP contribution is 2.28. The molecule has 2 aromatic rings. The van der Waals surface area contributed by atoms with Crippen molar-refractivity contribution < 1.29 is 5.11 Å². The number of rotatable bonds is 6. The summed E-state index contributed by atoms with van der Waals surface area (Å²) in [5, 5.41) is 12.5. The van der Waals surface area contributed by atoms with Crippen molar-refractivity contribution in [3.63, 3.8) is 0 Å². The molecule has 0 aliphatic carbocycles. The Bertz CT molecular complexity index is 597. The van der Waals surface area contributed by atoms with Crippen LogP contribution in [-0.2, 0) is 0 Å². The van der Waals surface area contributed by atoms with Gasteiger partial charge in [-0.3, -0.25) is 0 Å². The van der Waals surface area contributed by atoms with Crippen LogP contribution in [0.25, 0.3) is 5.65 Å². The lowest BCUT2D eigenvalue weighted by Gasteiger charge is -2.19. The van der Waals surface area contributed by atoms with E-state index in [0.717, 1.165) is 56.2 Å². The Morgan fingerprint density at radius 1 is 1.48 bits per heavy atom. The summed E-state index contributed by atoms with van der Waals surface area (Å²) in [5.74, 6) is 2.39. The Hall–Kier alpha value is -1.82. The fraction of sp³-hybridized carbons (Fsp3) is 0.600. The maximum absolute atomic E-state index is 9.10. The normalized spacial score (nSPS) is 18.6. The summed E-state index contributed by atoms with van der Waals surface area (Å²) in [6, 6.07) is 0. The van der Waals surface area contributed by atoms with Crippen LogP contribution in [0.2, 0.25) is 0 Å². The molecule has 0 saturated carbocycles. The molecule has 21 heavy (non-hydrogen) atoms. The van der Waals surface area contributed by atoms with E-state index in [1.54, 1.807) is 0 Å². The molecule has 1 atom stereocenters. The van der Waals surface area contributed by atoms with Gasteiger partial charge in [-0.1, -0.05) is 6.92 Å². The van der Waals surface area contributed by atoms with E-state index in [0.29, 0.717) is 5.92 Å². The highest BCUT2D eigenvalue weighted by atomic mass is 16.3. The monoisotopic (exact) mass is 289 g/mol. The summed E-state index contributed by atoms with van der Waals surface area (Å²) in [4.78, 5) is 11.5. The van der Waals surface area contributed by atoms with Crippen LogP contribution in [-0.4, -0.2) is 45.7 Å². The zero-order valence-electron chi connectivity index (χ0n) is 12.5. The first-order chi connectivity index (χ1) is 10.3. The number of nitrogens with one attached hydrogen (secondary N) is 1. The van der Waals surface area contributed by atoms with Gasteiger partial charge in [0, 0.05) is 38.6 Å². The van der Waals surface area contributed by atoms with Crippen LogP contribution < -0.4 is 10.2 Å². The van der Waals surface area contributed by atoms with Crippen LogP contribution in [0.5, 0.6) is 0 Å². The molecule has 114 valence electrons. The number of hydrogen-bond acceptors (Lipinski definition) is 5. The number of aliphatic hydroxyl groups is 1. The number of aliphatic hydroxyl groups excluding tert-OH is 1. The minimum absolute atomic E-state index is 0.267. The smallest absolute Gasteiger partial charge is 0.180 e. The molecule has 6 nitrogen and oxygen atoms in total. The van der Waals surface area contributed by atoms with Crippen LogP contribution >= 0.6 is 0 Å². The fourth-order valence-corrected chi connectivity index (χ4v) is 2.91. The van der Waals surface area contributed by atoms with Crippen LogP contribution in [0.1, 0.15) is 26.2 Å². The standard InChI is InChI=1S/C15H23N5O/c1-2-5-16-13-11-20-8-6-17-14(20)15(18-13)19-7-3-12(10-19)4-9-21/h6,8,11-12,16,21H,2-5,7,9-10H2,1H3. The zero-order chi connectivity index (χ0) is 14.7. The first-order valence-electron chi connectivity index (χ1n) is 7.75. The van der Waals surface area contributed by atoms with Gasteiger partial charge in [0.15, 0.2) is 11.5 Å². The lowest BCUT2D eigenvalue weighted by atomic mass is 10.1. The summed E-state index contributed by atoms with van der Waals surface area (Å²) in [6.45, 7) is 5.26. The maximum Gasteiger partial charge on any atom is 0.180 e. The second-order valence-electron chi connectivity index (χ2n) is 5.65. The van der Waals surface area contributed by atoms with E-state index in [-0.39, 0.29) is 6.61 Å². The Kier molecular flexibility index (Phi) is 4.24. The van der Waals surface area contributed by atoms with Crippen LogP contribution in [0.3, 0.4) is 0 Å². The average molecular weight is 289 g/mol. The molecule has 0 radical (unpaired) electrons. The topological polar surface area (TPSA) is 65.7 Å². The molecule has 3 heterocycles. The third kappa shape index (κ3) is 2.95. The molecular weight excluding hydrogens is 266 g/mol. The van der Waals surface area contributed by atoms with Crippen molar-refractivity contribution in [1.29, 1.82) is 0 Å². The van der Waals surface area contributed by atoms with Gasteiger partial charge in [-0.25, -0.2) is 9.97 Å². The second kappa shape index (κ2) is 6.30. The molecule has 1 aliphatic rings. The van der Waals surface area contributed by atoms with E-state index in [1.165, 1.54) is 0 Å². The number of imidazole rings is 1. The Balaban J connectivity index is 1.87. The van der Waals surface area contributed by atoms with Crippen molar-refractivity contribution in [1.82, 2.24) is 14.4 Å². The van der Waals surface area contributed by atoms with Gasteiger partial charge in [0.05, 0.1) is 6.20 Å². The Morgan fingerprint density at radius 2 is 2.38 bits per heavy atom. The summed E-state index contributed by atoms with van der Waals surface area (Å²) in [6.07, 6.45) is 8.81. The van der Waals surface area contributed by atoms with Crippen molar-refractivity contribution in [2.75, 3.05) is 36.5 Å². The van der Waals surface area contributed by atoms with Gasteiger partial charge in [0.2, 0.25) is 0 Å². The van der Waals surface area contributed by atoms with Crippen molar-refractivity contribution >= 4 is 17.3 Å². The molecule has 0 aromatic carbocycles. The maximum atomic E-state index is 9.10. The molecule has 1 fully saturated rings. The van der Waals surface area contributed by atoms with Gasteiger partial charge in [0.1, 0.15) is 5.82 Å². The number of aromatic nitrogens is 3. The largest absolute Gasteiger partial charge is 0.396 e. The highest BCUT2D eigenvalue weighted by molar-refractivity contribution is 5.67. The molecule has 1 aliphatic heterocycles. The summed E-state index contributed by atoms with van der Waals surface area (Å²) >= 11 is 0. The molecular formula is C15H23N5O. The van der Waals surface area contributed by atoms with Crippen molar-refractivity contribution in [3.8, 4) is 0 Å². The first-order valence-corrected chi connectivity index (χ1v) is 7.75. The lowest BCUT2D eigenvalue weighted by Crippen LogP contribution is -2.22. The van der Waals surface area contributed by atoms with Gasteiger partial charge >= 0.3 is 0 Å². The van der Waals surface area contributed by atoms with Crippen molar-refractivity contribution in [3.05, 3.63) is 18.6 Å². The van der Waals surface area contributed by atoms with E-state index < -0.39 is 0 Å². The molecule has 2 N–H and O–H groups in total. The molecule has 0 bridgehead atoms. The molecule has 1 unspecified atom stereocenters. The van der Waals surface area contributed by atoms with Crippen LogP contribution in [0, 0.1) is 5.92 Å². The summed E-state index contributed by atoms with van der Waals surface area (Å²) in [7, 11) is 0. The van der Waals surface area contributed by atoms with Crippen LogP contribution in [0.15, 0.2) is 18.6 Å². The summed E-state index contributed by atoms with van der Waals surface area (Å²) < 4.78 is 2.03. The van der Waals surface area contributed by atoms with Gasteiger partial charge in [-0.15, -0.1) is 0 Å². The molecule has 0 spiro atoms. The van der Waals surface area contributed by atoms with Crippen molar-refractivity contribution in [2.24, 2.45) is 5.92 Å². The molecule has 3 rings (SSSR count). The number of nitrogens with zero attached hydrogens (tertiary/aromatic N) is 4. The number of fused-ring (bicyclic) bond motifs is 1.